The highest BCUT2D eigenvalue weighted by Gasteiger charge is 2.37. The SMILES string of the molecule is CC1=C(C(=O)N2CCOCC2)[C@@H](c2c(F)cccc2F)NC(=S)N1C. The van der Waals surface area contributed by atoms with Crippen LogP contribution < -0.4 is 5.32 Å². The van der Waals surface area contributed by atoms with E-state index >= 15 is 0 Å². The number of ether oxygens (including phenoxy) is 1. The van der Waals surface area contributed by atoms with Gasteiger partial charge in [0.05, 0.1) is 30.4 Å². The maximum atomic E-state index is 14.4. The van der Waals surface area contributed by atoms with Crippen molar-refractivity contribution in [2.45, 2.75) is 13.0 Å². The number of halogens is 2. The van der Waals surface area contributed by atoms with Crippen molar-refractivity contribution in [3.63, 3.8) is 0 Å². The zero-order valence-electron chi connectivity index (χ0n) is 14.0. The van der Waals surface area contributed by atoms with Crippen molar-refractivity contribution >= 4 is 23.2 Å². The lowest BCUT2D eigenvalue weighted by Gasteiger charge is -2.38. The summed E-state index contributed by atoms with van der Waals surface area (Å²) in [5, 5.41) is 3.21. The molecule has 1 saturated heterocycles. The quantitative estimate of drug-likeness (QED) is 0.810. The average molecular weight is 367 g/mol. The summed E-state index contributed by atoms with van der Waals surface area (Å²) in [6.07, 6.45) is 0. The number of allylic oxidation sites excluding steroid dienone is 1. The number of morpholine rings is 1. The van der Waals surface area contributed by atoms with E-state index in [9.17, 15) is 13.6 Å². The van der Waals surface area contributed by atoms with Crippen LogP contribution in [0.2, 0.25) is 0 Å². The molecule has 1 N–H and O–H groups in total. The lowest BCUT2D eigenvalue weighted by Crippen LogP contribution is -2.50. The third-order valence-electron chi connectivity index (χ3n) is 4.57. The predicted octanol–water partition coefficient (Wildman–Crippen LogP) is 1.96. The lowest BCUT2D eigenvalue weighted by molar-refractivity contribution is -0.131. The topological polar surface area (TPSA) is 44.8 Å². The number of thiocarbonyl (C=S) groups is 1. The number of nitrogens with one attached hydrogen (secondary N) is 1. The third kappa shape index (κ3) is 3.23. The van der Waals surface area contributed by atoms with Crippen LogP contribution in [0.3, 0.4) is 0 Å². The first-order valence-corrected chi connectivity index (χ1v) is 8.38. The summed E-state index contributed by atoms with van der Waals surface area (Å²) in [6, 6.07) is 2.67. The number of benzene rings is 1. The smallest absolute Gasteiger partial charge is 0.254 e. The molecule has 2 aliphatic rings. The van der Waals surface area contributed by atoms with Crippen LogP contribution in [0.4, 0.5) is 8.78 Å². The fourth-order valence-electron chi connectivity index (χ4n) is 3.05. The second-order valence-electron chi connectivity index (χ2n) is 5.98. The molecule has 8 heteroatoms. The predicted molar refractivity (Wildman–Crippen MR) is 92.7 cm³/mol. The minimum absolute atomic E-state index is 0.200. The van der Waals surface area contributed by atoms with E-state index in [2.05, 4.69) is 5.32 Å². The highest BCUT2D eigenvalue weighted by molar-refractivity contribution is 7.80. The molecule has 134 valence electrons. The summed E-state index contributed by atoms with van der Waals surface area (Å²) in [7, 11) is 1.71. The minimum atomic E-state index is -0.972. The van der Waals surface area contributed by atoms with Gasteiger partial charge in [-0.2, -0.15) is 0 Å². The molecule has 25 heavy (non-hydrogen) atoms. The van der Waals surface area contributed by atoms with Gasteiger partial charge in [-0.3, -0.25) is 4.79 Å². The zero-order valence-corrected chi connectivity index (χ0v) is 14.8. The summed E-state index contributed by atoms with van der Waals surface area (Å²) in [5.41, 5.74) is 0.670. The zero-order chi connectivity index (χ0) is 18.1. The monoisotopic (exact) mass is 367 g/mol. The van der Waals surface area contributed by atoms with Gasteiger partial charge in [0.25, 0.3) is 5.91 Å². The molecule has 0 unspecified atom stereocenters. The van der Waals surface area contributed by atoms with Gasteiger partial charge in [0.1, 0.15) is 11.6 Å². The molecule has 1 atom stereocenters. The fraction of sp³-hybridized carbons (Fsp3) is 0.412. The van der Waals surface area contributed by atoms with Crippen LogP contribution in [0.25, 0.3) is 0 Å². The van der Waals surface area contributed by atoms with Gasteiger partial charge in [-0.1, -0.05) is 6.07 Å². The summed E-state index contributed by atoms with van der Waals surface area (Å²) < 4.78 is 34.0. The first-order valence-electron chi connectivity index (χ1n) is 7.97. The molecular formula is C17H19F2N3O2S. The minimum Gasteiger partial charge on any atom is -0.378 e. The summed E-state index contributed by atoms with van der Waals surface area (Å²) in [4.78, 5) is 16.4. The number of carbonyl (C=O) groups is 1. The Morgan fingerprint density at radius 1 is 1.28 bits per heavy atom. The number of hydrogen-bond donors (Lipinski definition) is 1. The van der Waals surface area contributed by atoms with Crippen molar-refractivity contribution in [3.8, 4) is 0 Å². The Morgan fingerprint density at radius 2 is 1.88 bits per heavy atom. The van der Waals surface area contributed by atoms with Gasteiger partial charge in [0.2, 0.25) is 0 Å². The van der Waals surface area contributed by atoms with E-state index < -0.39 is 17.7 Å². The molecule has 0 aromatic heterocycles. The Labute approximate surface area is 150 Å². The van der Waals surface area contributed by atoms with E-state index in [0.717, 1.165) is 0 Å². The Balaban J connectivity index is 2.09. The van der Waals surface area contributed by atoms with Crippen molar-refractivity contribution in [3.05, 3.63) is 46.7 Å². The number of amides is 1. The second kappa shape index (κ2) is 7.05. The van der Waals surface area contributed by atoms with E-state index in [1.54, 1.807) is 23.8 Å². The number of carbonyl (C=O) groups excluding carboxylic acids is 1. The fourth-order valence-corrected chi connectivity index (χ4v) is 3.31. The van der Waals surface area contributed by atoms with E-state index in [1.807, 2.05) is 0 Å². The Kier molecular flexibility index (Phi) is 5.01. The van der Waals surface area contributed by atoms with E-state index in [4.69, 9.17) is 17.0 Å². The van der Waals surface area contributed by atoms with E-state index in [-0.39, 0.29) is 11.5 Å². The molecule has 1 fully saturated rings. The van der Waals surface area contributed by atoms with Crippen LogP contribution >= 0.6 is 12.2 Å². The number of nitrogens with zero attached hydrogens (tertiary/aromatic N) is 2. The molecule has 2 heterocycles. The number of hydrogen-bond acceptors (Lipinski definition) is 3. The van der Waals surface area contributed by atoms with Crippen molar-refractivity contribution in [1.82, 2.24) is 15.1 Å². The number of rotatable bonds is 2. The largest absolute Gasteiger partial charge is 0.378 e. The second-order valence-corrected chi connectivity index (χ2v) is 6.37. The molecule has 2 aliphatic heterocycles. The third-order valence-corrected chi connectivity index (χ3v) is 4.96. The van der Waals surface area contributed by atoms with Crippen LogP contribution in [0, 0.1) is 11.6 Å². The van der Waals surface area contributed by atoms with Crippen LogP contribution in [-0.2, 0) is 9.53 Å². The average Bonchev–Trinajstić information content (AvgIpc) is 2.60. The van der Waals surface area contributed by atoms with Gasteiger partial charge in [0.15, 0.2) is 5.11 Å². The summed E-state index contributed by atoms with van der Waals surface area (Å²) in [6.45, 7) is 3.50. The highest BCUT2D eigenvalue weighted by atomic mass is 32.1. The van der Waals surface area contributed by atoms with Crippen LogP contribution in [0.15, 0.2) is 29.5 Å². The van der Waals surface area contributed by atoms with Gasteiger partial charge in [-0.05, 0) is 31.3 Å². The van der Waals surface area contributed by atoms with Crippen molar-refractivity contribution in [2.24, 2.45) is 0 Å². The molecule has 1 aromatic carbocycles. The Hall–Kier alpha value is -2.06. The molecule has 3 rings (SSSR count). The molecule has 0 saturated carbocycles. The van der Waals surface area contributed by atoms with Crippen LogP contribution in [0.5, 0.6) is 0 Å². The van der Waals surface area contributed by atoms with Gasteiger partial charge in [0, 0.05) is 25.8 Å². The van der Waals surface area contributed by atoms with Crippen molar-refractivity contribution in [2.75, 3.05) is 33.4 Å². The normalized spacial score (nSPS) is 21.4. The molecule has 1 amide bonds. The molecule has 5 nitrogen and oxygen atoms in total. The maximum absolute atomic E-state index is 14.4. The van der Waals surface area contributed by atoms with E-state index in [1.165, 1.54) is 18.2 Å². The van der Waals surface area contributed by atoms with Gasteiger partial charge in [-0.15, -0.1) is 0 Å². The van der Waals surface area contributed by atoms with Gasteiger partial charge < -0.3 is 19.9 Å². The first-order chi connectivity index (χ1) is 11.9. The standard InChI is InChI=1S/C17H19F2N3O2S/c1-10-13(16(23)22-6-8-24-9-7-22)15(20-17(25)21(10)2)14-11(18)4-3-5-12(14)19/h3-5,15H,6-9H2,1-2H3,(H,20,25)/t15-/m0/s1. The molecular weight excluding hydrogens is 348 g/mol. The van der Waals surface area contributed by atoms with Gasteiger partial charge >= 0.3 is 0 Å². The van der Waals surface area contributed by atoms with Crippen molar-refractivity contribution < 1.29 is 18.3 Å². The lowest BCUT2D eigenvalue weighted by atomic mass is 9.93. The Morgan fingerprint density at radius 3 is 2.48 bits per heavy atom. The van der Waals surface area contributed by atoms with Crippen LogP contribution in [0.1, 0.15) is 18.5 Å². The first kappa shape index (κ1) is 17.8. The molecule has 0 bridgehead atoms. The van der Waals surface area contributed by atoms with E-state index in [0.29, 0.717) is 42.7 Å². The molecule has 0 aliphatic carbocycles. The van der Waals surface area contributed by atoms with Gasteiger partial charge in [-0.25, -0.2) is 8.78 Å². The molecule has 0 radical (unpaired) electrons. The summed E-state index contributed by atoms with van der Waals surface area (Å²) >= 11 is 5.26. The van der Waals surface area contributed by atoms with Crippen molar-refractivity contribution in [1.29, 1.82) is 0 Å². The highest BCUT2D eigenvalue weighted by Crippen LogP contribution is 2.34. The maximum Gasteiger partial charge on any atom is 0.254 e. The molecule has 0 spiro atoms. The molecule has 1 aromatic rings. The summed E-state index contributed by atoms with van der Waals surface area (Å²) in [5.74, 6) is -1.70. The Bertz CT molecular complexity index is 727. The van der Waals surface area contributed by atoms with Crippen LogP contribution in [-0.4, -0.2) is 54.2 Å².